The zero-order valence-corrected chi connectivity index (χ0v) is 26.9. The molecule has 2 N–H and O–H groups in total. The molecular weight excluding hydrogens is 596 g/mol. The van der Waals surface area contributed by atoms with Gasteiger partial charge in [-0.25, -0.2) is 9.59 Å². The van der Waals surface area contributed by atoms with Crippen LogP contribution in [-0.2, 0) is 15.0 Å². The van der Waals surface area contributed by atoms with Gasteiger partial charge < -0.3 is 29.2 Å². The number of benzene rings is 4. The van der Waals surface area contributed by atoms with E-state index >= 15 is 0 Å². The largest absolute Gasteiger partial charge is 0.490 e. The Kier molecular flexibility index (Phi) is 9.65. The van der Waals surface area contributed by atoms with Gasteiger partial charge in [-0.2, -0.15) is 0 Å². The van der Waals surface area contributed by atoms with Crippen LogP contribution in [0.4, 0.5) is 0 Å². The van der Waals surface area contributed by atoms with Gasteiger partial charge in [-0.3, -0.25) is 0 Å². The first kappa shape index (κ1) is 33.2. The van der Waals surface area contributed by atoms with Crippen molar-refractivity contribution >= 4 is 11.9 Å². The van der Waals surface area contributed by atoms with Crippen LogP contribution in [0, 0.1) is 0 Å². The van der Waals surface area contributed by atoms with Crippen molar-refractivity contribution in [3.63, 3.8) is 0 Å². The predicted octanol–water partition coefficient (Wildman–Crippen LogP) is 6.53. The Morgan fingerprint density at radius 1 is 0.638 bits per heavy atom. The SMILES string of the molecule is C=C(C)C(=O)Oc1ccc(C2(c3ccc(OC(=O)C(=C)C)cc3OCC(C)O)c3ccccc3-c3ccccc32)c(OCC(C)O)c1. The normalized spacial score (nSPS) is 13.8. The Morgan fingerprint density at radius 3 is 1.38 bits per heavy atom. The molecule has 4 aromatic rings. The molecule has 0 heterocycles. The summed E-state index contributed by atoms with van der Waals surface area (Å²) in [5.74, 6) is 0.0418. The number of esters is 2. The number of ether oxygens (including phenoxy) is 4. The van der Waals surface area contributed by atoms with Gasteiger partial charge in [0.2, 0.25) is 0 Å². The third-order valence-corrected chi connectivity index (χ3v) is 7.74. The van der Waals surface area contributed by atoms with Gasteiger partial charge in [0.25, 0.3) is 0 Å². The summed E-state index contributed by atoms with van der Waals surface area (Å²) in [4.78, 5) is 25.0. The molecule has 0 saturated heterocycles. The monoisotopic (exact) mass is 634 g/mol. The molecule has 242 valence electrons. The number of hydrogen-bond acceptors (Lipinski definition) is 8. The average molecular weight is 635 g/mol. The first-order valence-corrected chi connectivity index (χ1v) is 15.3. The van der Waals surface area contributed by atoms with Crippen molar-refractivity contribution in [3.8, 4) is 34.1 Å². The van der Waals surface area contributed by atoms with Crippen LogP contribution >= 0.6 is 0 Å². The molecule has 0 spiro atoms. The number of rotatable bonds is 12. The van der Waals surface area contributed by atoms with E-state index in [0.717, 1.165) is 22.3 Å². The number of hydrogen-bond donors (Lipinski definition) is 2. The summed E-state index contributed by atoms with van der Waals surface area (Å²) in [6, 6.07) is 26.4. The molecule has 4 aromatic carbocycles. The van der Waals surface area contributed by atoms with Gasteiger partial charge in [-0.1, -0.05) is 73.8 Å². The molecule has 8 heteroatoms. The van der Waals surface area contributed by atoms with Crippen molar-refractivity contribution in [3.05, 3.63) is 131 Å². The van der Waals surface area contributed by atoms with E-state index < -0.39 is 29.6 Å². The van der Waals surface area contributed by atoms with Crippen LogP contribution in [0.2, 0.25) is 0 Å². The van der Waals surface area contributed by atoms with E-state index in [1.54, 1.807) is 52.0 Å². The fraction of sp³-hybridized carbons (Fsp3) is 0.231. The number of carbonyl (C=O) groups excluding carboxylic acids is 2. The van der Waals surface area contributed by atoms with Crippen LogP contribution in [0.5, 0.6) is 23.0 Å². The molecule has 0 bridgehead atoms. The Hall–Kier alpha value is -5.18. The van der Waals surface area contributed by atoms with Crippen LogP contribution in [0.1, 0.15) is 49.9 Å². The molecular formula is C39H38O8. The molecule has 8 nitrogen and oxygen atoms in total. The van der Waals surface area contributed by atoms with Crippen LogP contribution in [0.3, 0.4) is 0 Å². The zero-order valence-electron chi connectivity index (χ0n) is 26.9. The van der Waals surface area contributed by atoms with E-state index in [1.807, 2.05) is 48.5 Å². The zero-order chi connectivity index (χ0) is 33.9. The molecule has 0 saturated carbocycles. The van der Waals surface area contributed by atoms with Gasteiger partial charge in [0.15, 0.2) is 0 Å². The van der Waals surface area contributed by atoms with Crippen molar-refractivity contribution in [2.45, 2.75) is 45.3 Å². The summed E-state index contributed by atoms with van der Waals surface area (Å²) < 4.78 is 23.8. The van der Waals surface area contributed by atoms with Crippen LogP contribution in [0.15, 0.2) is 109 Å². The smallest absolute Gasteiger partial charge is 0.338 e. The third-order valence-electron chi connectivity index (χ3n) is 7.74. The quantitative estimate of drug-likeness (QED) is 0.0906. The van der Waals surface area contributed by atoms with Gasteiger partial charge in [0.05, 0.1) is 17.6 Å². The van der Waals surface area contributed by atoms with Crippen molar-refractivity contribution < 1.29 is 38.7 Å². The number of fused-ring (bicyclic) bond motifs is 3. The Balaban J connectivity index is 1.86. The first-order chi connectivity index (χ1) is 22.4. The van der Waals surface area contributed by atoms with Gasteiger partial charge in [-0.05, 0) is 62.1 Å². The Labute approximate surface area is 274 Å². The topological polar surface area (TPSA) is 112 Å². The summed E-state index contributed by atoms with van der Waals surface area (Å²) in [5, 5.41) is 20.5. The Bertz CT molecular complexity index is 1720. The molecule has 0 fully saturated rings. The maximum absolute atomic E-state index is 12.5. The van der Waals surface area contributed by atoms with Crippen LogP contribution < -0.4 is 18.9 Å². The second kappa shape index (κ2) is 13.7. The summed E-state index contributed by atoms with van der Waals surface area (Å²) >= 11 is 0. The minimum Gasteiger partial charge on any atom is -0.490 e. The second-order valence-corrected chi connectivity index (χ2v) is 11.8. The highest BCUT2D eigenvalue weighted by atomic mass is 16.5. The lowest BCUT2D eigenvalue weighted by atomic mass is 9.67. The summed E-state index contributed by atoms with van der Waals surface area (Å²) in [5.41, 5.74) is 4.57. The van der Waals surface area contributed by atoms with Crippen LogP contribution in [-0.4, -0.2) is 47.6 Å². The maximum Gasteiger partial charge on any atom is 0.338 e. The molecule has 0 aliphatic heterocycles. The molecule has 0 amide bonds. The third kappa shape index (κ3) is 6.56. The van der Waals surface area contributed by atoms with Crippen LogP contribution in [0.25, 0.3) is 11.1 Å². The number of aliphatic hydroxyl groups excluding tert-OH is 2. The fourth-order valence-corrected chi connectivity index (χ4v) is 5.76. The highest BCUT2D eigenvalue weighted by molar-refractivity contribution is 5.90. The highest BCUT2D eigenvalue weighted by Gasteiger charge is 2.49. The van der Waals surface area contributed by atoms with Crippen molar-refractivity contribution in [1.82, 2.24) is 0 Å². The van der Waals surface area contributed by atoms with Gasteiger partial charge in [0.1, 0.15) is 36.2 Å². The standard InChI is InChI=1S/C39H38O8/c1-23(2)37(42)46-27-15-17-33(35(19-27)44-21-25(5)40)39(31-13-9-7-11-29(31)30-12-8-10-14-32(30)39)34-18-16-28(47-38(43)24(3)4)20-36(34)45-22-26(6)41/h7-20,25-26,40-41H,1,3,21-22H2,2,4-6H3. The van der Waals surface area contributed by atoms with Gasteiger partial charge in [0, 0.05) is 34.4 Å². The van der Waals surface area contributed by atoms with E-state index in [2.05, 4.69) is 25.3 Å². The van der Waals surface area contributed by atoms with E-state index in [-0.39, 0.29) is 35.9 Å². The van der Waals surface area contributed by atoms with E-state index in [0.29, 0.717) is 22.6 Å². The molecule has 1 aliphatic carbocycles. The maximum atomic E-state index is 12.5. The van der Waals surface area contributed by atoms with E-state index in [1.165, 1.54) is 0 Å². The van der Waals surface area contributed by atoms with Crippen molar-refractivity contribution in [2.24, 2.45) is 0 Å². The molecule has 0 radical (unpaired) electrons. The number of aliphatic hydroxyl groups is 2. The lowest BCUT2D eigenvalue weighted by molar-refractivity contribution is -0.130. The van der Waals surface area contributed by atoms with E-state index in [9.17, 15) is 19.8 Å². The molecule has 5 rings (SSSR count). The fourth-order valence-electron chi connectivity index (χ4n) is 5.76. The molecule has 2 unspecified atom stereocenters. The minimum atomic E-state index is -1.08. The lowest BCUT2D eigenvalue weighted by Crippen LogP contribution is -2.31. The van der Waals surface area contributed by atoms with Crippen molar-refractivity contribution in [1.29, 1.82) is 0 Å². The summed E-state index contributed by atoms with van der Waals surface area (Å²) in [6.07, 6.45) is -1.59. The molecule has 0 aromatic heterocycles. The minimum absolute atomic E-state index is 0.0363. The number of carbonyl (C=O) groups is 2. The van der Waals surface area contributed by atoms with Gasteiger partial charge in [-0.15, -0.1) is 0 Å². The highest BCUT2D eigenvalue weighted by Crippen LogP contribution is 2.60. The molecule has 2 atom stereocenters. The van der Waals surface area contributed by atoms with E-state index in [4.69, 9.17) is 18.9 Å². The van der Waals surface area contributed by atoms with Crippen molar-refractivity contribution in [2.75, 3.05) is 13.2 Å². The summed E-state index contributed by atoms with van der Waals surface area (Å²) in [7, 11) is 0. The molecule has 47 heavy (non-hydrogen) atoms. The van der Waals surface area contributed by atoms with Gasteiger partial charge >= 0.3 is 11.9 Å². The summed E-state index contributed by atoms with van der Waals surface area (Å²) in [6.45, 7) is 13.7. The predicted molar refractivity (Wildman–Crippen MR) is 179 cm³/mol. The molecule has 1 aliphatic rings. The Morgan fingerprint density at radius 2 is 1.02 bits per heavy atom. The lowest BCUT2D eigenvalue weighted by Gasteiger charge is -2.36. The first-order valence-electron chi connectivity index (χ1n) is 15.3. The average Bonchev–Trinajstić information content (AvgIpc) is 3.33. The second-order valence-electron chi connectivity index (χ2n) is 11.8.